The Morgan fingerprint density at radius 3 is 1.03 bits per heavy atom. The Bertz CT molecular complexity index is 1280. The second-order valence-corrected chi connectivity index (χ2v) is 28.7. The van der Waals surface area contributed by atoms with Gasteiger partial charge >= 0.3 is 223 Å². The molecular formula is C34H29ClFeP2Pd. The molecule has 0 spiro atoms. The monoisotopic (exact) mass is 696 g/mol. The Labute approximate surface area is 251 Å². The van der Waals surface area contributed by atoms with Gasteiger partial charge in [0.05, 0.1) is 0 Å². The minimum Gasteiger partial charge on any atom is -0.214 e. The molecule has 0 bridgehead atoms. The second kappa shape index (κ2) is 15.1. The van der Waals surface area contributed by atoms with Crippen LogP contribution >= 0.6 is 21.8 Å². The van der Waals surface area contributed by atoms with Crippen molar-refractivity contribution in [3.8, 4) is 0 Å². The minimum absolute atomic E-state index is 0. The zero-order valence-corrected chi connectivity index (χ0v) is 26.4. The quantitative estimate of drug-likeness (QED) is 0.0907. The van der Waals surface area contributed by atoms with Crippen molar-refractivity contribution < 1.29 is 30.6 Å². The van der Waals surface area contributed by atoms with E-state index in [2.05, 4.69) is 146 Å². The molecule has 0 heterocycles. The Kier molecular flexibility index (Phi) is 11.5. The summed E-state index contributed by atoms with van der Waals surface area (Å²) >= 11 is -2.86. The first-order valence-electron chi connectivity index (χ1n) is 12.3. The Hall–Kier alpha value is -2.09. The molecule has 6 aromatic carbocycles. The van der Waals surface area contributed by atoms with Crippen molar-refractivity contribution in [2.75, 3.05) is 0 Å². The predicted molar refractivity (Wildman–Crippen MR) is 168 cm³/mol. The van der Waals surface area contributed by atoms with Gasteiger partial charge in [0.15, 0.2) is 0 Å². The molecule has 0 saturated carbocycles. The van der Waals surface area contributed by atoms with E-state index in [1.165, 1.54) is 25.3 Å². The Morgan fingerprint density at radius 2 is 0.769 bits per heavy atom. The standard InChI is InChI=1S/2C12H10P.C5H5.C5H4.ClH.Fe.Pd/c2*1-3-7-11(8-4-1)13-12-9-5-2-6-10-12;2*1-2-4-5-3-1;;;/h2*1-10H;1-5H;1-4H;1H;;/q4*-1;;+2;+3/p-1. The molecule has 0 aromatic heterocycles. The molecule has 0 N–H and O–H groups in total. The predicted octanol–water partition coefficient (Wildman–Crippen LogP) is 7.84. The molecule has 0 radical (unpaired) electrons. The summed E-state index contributed by atoms with van der Waals surface area (Å²) in [7, 11) is 8.28. The van der Waals surface area contributed by atoms with E-state index in [0.29, 0.717) is 0 Å². The largest absolute Gasteiger partial charge is 2.00 e. The summed E-state index contributed by atoms with van der Waals surface area (Å²) < 4.78 is 1.33. The Balaban J connectivity index is 0.000000530. The van der Waals surface area contributed by atoms with Crippen LogP contribution in [0.1, 0.15) is 0 Å². The van der Waals surface area contributed by atoms with Gasteiger partial charge in [-0.25, -0.2) is 12.1 Å². The van der Waals surface area contributed by atoms with Crippen molar-refractivity contribution in [3.05, 3.63) is 176 Å². The fourth-order valence-corrected chi connectivity index (χ4v) is 34.4. The van der Waals surface area contributed by atoms with Crippen molar-refractivity contribution in [2.45, 2.75) is 0 Å². The molecular weight excluding hydrogens is 668 g/mol. The first kappa shape index (κ1) is 29.9. The molecule has 0 nitrogen and oxygen atoms in total. The van der Waals surface area contributed by atoms with Gasteiger partial charge in [-0.15, -0.1) is 0 Å². The van der Waals surface area contributed by atoms with E-state index in [0.717, 1.165) is 0 Å². The van der Waals surface area contributed by atoms with Crippen molar-refractivity contribution in [1.82, 2.24) is 0 Å². The van der Waals surface area contributed by atoms with Crippen LogP contribution in [0.25, 0.3) is 0 Å². The van der Waals surface area contributed by atoms with E-state index in [1.807, 2.05) is 30.3 Å². The van der Waals surface area contributed by atoms with Crippen molar-refractivity contribution in [1.29, 1.82) is 0 Å². The third kappa shape index (κ3) is 7.17. The van der Waals surface area contributed by atoms with Gasteiger partial charge in [-0.3, -0.25) is 0 Å². The van der Waals surface area contributed by atoms with Crippen molar-refractivity contribution in [2.24, 2.45) is 0 Å². The summed E-state index contributed by atoms with van der Waals surface area (Å²) in [5, 5.41) is 5.41. The number of hydrogen-bond acceptors (Lipinski definition) is 0. The molecule has 0 saturated heterocycles. The van der Waals surface area contributed by atoms with E-state index < -0.39 is 25.7 Å². The number of halogens is 1. The molecule has 0 aliphatic carbocycles. The van der Waals surface area contributed by atoms with Gasteiger partial charge in [0.1, 0.15) is 0 Å². The van der Waals surface area contributed by atoms with Crippen LogP contribution in [0.15, 0.2) is 176 Å². The maximum Gasteiger partial charge on any atom is 2.00 e. The van der Waals surface area contributed by atoms with Crippen LogP contribution in [0.5, 0.6) is 0 Å². The Morgan fingerprint density at radius 1 is 0.462 bits per heavy atom. The molecule has 0 aliphatic heterocycles. The van der Waals surface area contributed by atoms with Crippen LogP contribution in [0.2, 0.25) is 0 Å². The van der Waals surface area contributed by atoms with E-state index in [9.17, 15) is 0 Å². The molecule has 0 aliphatic rings. The topological polar surface area (TPSA) is 0 Å². The molecule has 0 fully saturated rings. The summed E-state index contributed by atoms with van der Waals surface area (Å²) in [5.41, 5.74) is 0. The number of hydrogen-bond donors (Lipinski definition) is 0. The summed E-state index contributed by atoms with van der Waals surface area (Å²) in [6, 6.07) is 62.7. The molecule has 200 valence electrons. The molecule has 0 atom stereocenters. The first-order chi connectivity index (χ1) is 18.8. The van der Waals surface area contributed by atoms with Gasteiger partial charge in [0, 0.05) is 0 Å². The van der Waals surface area contributed by atoms with Crippen molar-refractivity contribution >= 4 is 47.0 Å². The van der Waals surface area contributed by atoms with E-state index in [-0.39, 0.29) is 17.1 Å². The molecule has 0 amide bonds. The molecule has 6 aromatic rings. The third-order valence-corrected chi connectivity index (χ3v) is 32.3. The molecule has 5 heteroatoms. The zero-order chi connectivity index (χ0) is 26.0. The zero-order valence-electron chi connectivity index (χ0n) is 21.2. The first-order valence-corrected chi connectivity index (χ1v) is 21.6. The SMILES string of the molecule is [Cl][Pd]([c-]1cccc1)([P](c1ccccc1)c1ccccc1)[P](c1ccccc1)c1ccccc1.[Fe+2].c1cc[cH-]c1. The van der Waals surface area contributed by atoms with Gasteiger partial charge in [-0.1, -0.05) is 0 Å². The summed E-state index contributed by atoms with van der Waals surface area (Å²) in [4.78, 5) is 0. The molecule has 0 unspecified atom stereocenters. The fraction of sp³-hybridized carbons (Fsp3) is 0. The normalized spacial score (nSPS) is 11.4. The van der Waals surface area contributed by atoms with Crippen molar-refractivity contribution in [3.63, 3.8) is 0 Å². The van der Waals surface area contributed by atoms with Gasteiger partial charge < -0.3 is 0 Å². The maximum atomic E-state index is 8.28. The van der Waals surface area contributed by atoms with Crippen LogP contribution in [0, 0.1) is 0 Å². The smallest absolute Gasteiger partial charge is 0.214 e. The van der Waals surface area contributed by atoms with Gasteiger partial charge in [-0.2, -0.15) is 18.2 Å². The van der Waals surface area contributed by atoms with Gasteiger partial charge in [0.2, 0.25) is 0 Å². The average Bonchev–Trinajstić information content (AvgIpc) is 3.74. The summed E-state index contributed by atoms with van der Waals surface area (Å²) in [6.07, 6.45) is -1.58. The van der Waals surface area contributed by atoms with Gasteiger partial charge in [-0.05, 0) is 0 Å². The van der Waals surface area contributed by atoms with Crippen LogP contribution in [-0.4, -0.2) is 0 Å². The van der Waals surface area contributed by atoms with E-state index in [1.54, 1.807) is 0 Å². The average molecular weight is 697 g/mol. The van der Waals surface area contributed by atoms with Gasteiger partial charge in [0.25, 0.3) is 0 Å². The van der Waals surface area contributed by atoms with E-state index >= 15 is 0 Å². The van der Waals surface area contributed by atoms with Crippen LogP contribution in [0.4, 0.5) is 0 Å². The van der Waals surface area contributed by atoms with Crippen LogP contribution in [-0.2, 0) is 30.6 Å². The fourth-order valence-electron chi connectivity index (χ4n) is 3.95. The molecule has 39 heavy (non-hydrogen) atoms. The van der Waals surface area contributed by atoms with E-state index in [4.69, 9.17) is 9.53 Å². The second-order valence-electron chi connectivity index (χ2n) is 8.25. The van der Waals surface area contributed by atoms with Crippen LogP contribution < -0.4 is 25.3 Å². The minimum atomic E-state index is -2.86. The number of rotatable bonds is 7. The summed E-state index contributed by atoms with van der Waals surface area (Å²) in [6.45, 7) is 0. The molecule has 6 rings (SSSR count). The van der Waals surface area contributed by atoms with Crippen LogP contribution in [0.3, 0.4) is 0 Å². The number of benzene rings is 4. The maximum absolute atomic E-state index is 8.28. The third-order valence-electron chi connectivity index (χ3n) is 5.63. The summed E-state index contributed by atoms with van der Waals surface area (Å²) in [5.74, 6) is 0.